The number of nitrogens with two attached hydrogens (primary N) is 1. The summed E-state index contributed by atoms with van der Waals surface area (Å²) in [4.78, 5) is 0. The van der Waals surface area contributed by atoms with Gasteiger partial charge in [-0.05, 0) is 24.3 Å². The Morgan fingerprint density at radius 3 is 2.43 bits per heavy atom. The molecule has 4 nitrogen and oxygen atoms in total. The van der Waals surface area contributed by atoms with Crippen LogP contribution in [0.1, 0.15) is 5.56 Å². The molecule has 1 aromatic carbocycles. The smallest absolute Gasteiger partial charge is 0.398 e. The Morgan fingerprint density at radius 1 is 1.24 bits per heavy atom. The molecule has 3 N–H and O–H groups in total. The number of nitrogens with one attached hydrogen (secondary N) is 1. The Labute approximate surface area is 127 Å². The lowest BCUT2D eigenvalue weighted by Crippen LogP contribution is -2.16. The van der Waals surface area contributed by atoms with Gasteiger partial charge in [-0.1, -0.05) is 11.6 Å². The van der Waals surface area contributed by atoms with Crippen LogP contribution in [0.4, 0.5) is 24.5 Å². The third kappa shape index (κ3) is 3.60. The molecular weight excluding hydrogens is 349 g/mol. The fourth-order valence-corrected chi connectivity index (χ4v) is 3.84. The van der Waals surface area contributed by atoms with Crippen molar-refractivity contribution in [3.63, 3.8) is 0 Å². The zero-order chi connectivity index (χ0) is 15.8. The van der Waals surface area contributed by atoms with Gasteiger partial charge in [0.2, 0.25) is 0 Å². The summed E-state index contributed by atoms with van der Waals surface area (Å²) >= 11 is 6.33. The molecule has 0 bridgehead atoms. The normalized spacial score (nSPS) is 12.4. The van der Waals surface area contributed by atoms with E-state index in [9.17, 15) is 21.6 Å². The minimum atomic E-state index is -4.74. The number of hydrogen-bond acceptors (Lipinski definition) is 4. The molecule has 0 saturated carbocycles. The predicted octanol–water partition coefficient (Wildman–Crippen LogP) is 3.80. The predicted molar refractivity (Wildman–Crippen MR) is 76.0 cm³/mol. The third-order valence-electron chi connectivity index (χ3n) is 2.39. The molecule has 0 amide bonds. The first-order valence-electron chi connectivity index (χ1n) is 5.33. The molecule has 0 aliphatic heterocycles. The van der Waals surface area contributed by atoms with Crippen LogP contribution in [-0.2, 0) is 16.2 Å². The number of halogens is 4. The van der Waals surface area contributed by atoms with E-state index in [0.29, 0.717) is 6.07 Å². The molecule has 0 unspecified atom stereocenters. The van der Waals surface area contributed by atoms with Crippen LogP contribution in [0, 0.1) is 0 Å². The van der Waals surface area contributed by atoms with E-state index in [-0.39, 0.29) is 14.9 Å². The van der Waals surface area contributed by atoms with Crippen molar-refractivity contribution in [3.8, 4) is 0 Å². The molecular formula is C11H8ClF3N2O2S2. The fraction of sp³-hybridized carbons (Fsp3) is 0.0909. The highest BCUT2D eigenvalue weighted by Gasteiger charge is 2.35. The van der Waals surface area contributed by atoms with Gasteiger partial charge < -0.3 is 5.73 Å². The molecule has 1 aromatic heterocycles. The zero-order valence-corrected chi connectivity index (χ0v) is 12.5. The van der Waals surface area contributed by atoms with E-state index in [1.54, 1.807) is 0 Å². The summed E-state index contributed by atoms with van der Waals surface area (Å²) in [5.74, 6) is 0. The van der Waals surface area contributed by atoms with Crippen LogP contribution >= 0.6 is 22.9 Å². The number of anilines is 2. The van der Waals surface area contributed by atoms with E-state index in [1.165, 1.54) is 5.38 Å². The van der Waals surface area contributed by atoms with Crippen molar-refractivity contribution in [2.75, 3.05) is 10.5 Å². The van der Waals surface area contributed by atoms with Gasteiger partial charge in [0.25, 0.3) is 10.0 Å². The Morgan fingerprint density at radius 2 is 1.90 bits per heavy atom. The summed E-state index contributed by atoms with van der Waals surface area (Å²) in [5.41, 5.74) is 3.86. The van der Waals surface area contributed by atoms with Crippen LogP contribution in [0.3, 0.4) is 0 Å². The van der Waals surface area contributed by atoms with Gasteiger partial charge in [-0.25, -0.2) is 8.42 Å². The number of sulfonamides is 1. The van der Waals surface area contributed by atoms with Crippen molar-refractivity contribution in [3.05, 3.63) is 40.2 Å². The quantitative estimate of drug-likeness (QED) is 0.878. The molecule has 0 saturated heterocycles. The van der Waals surface area contributed by atoms with E-state index < -0.39 is 27.5 Å². The average molecular weight is 357 g/mol. The Kier molecular flexibility index (Phi) is 4.09. The van der Waals surface area contributed by atoms with Crippen molar-refractivity contribution in [1.29, 1.82) is 0 Å². The highest BCUT2D eigenvalue weighted by atomic mass is 35.5. The summed E-state index contributed by atoms with van der Waals surface area (Å²) in [6.45, 7) is 0. The number of alkyl halides is 3. The molecule has 2 rings (SSSR count). The standard InChI is InChI=1S/C11H8ClF3N2O2S2/c12-6-1-2-9(8(3-6)11(13,14)15)17-21(18,19)10-4-7(16)5-20-10/h1-5,17H,16H2. The second-order valence-electron chi connectivity index (χ2n) is 3.99. The van der Waals surface area contributed by atoms with Crippen LogP contribution in [0.2, 0.25) is 5.02 Å². The lowest BCUT2D eigenvalue weighted by atomic mass is 10.2. The average Bonchev–Trinajstić information content (AvgIpc) is 2.77. The molecule has 2 aromatic rings. The minimum absolute atomic E-state index is 0.148. The van der Waals surface area contributed by atoms with Crippen molar-refractivity contribution in [1.82, 2.24) is 0 Å². The van der Waals surface area contributed by atoms with E-state index in [4.69, 9.17) is 17.3 Å². The van der Waals surface area contributed by atoms with Gasteiger partial charge in [0, 0.05) is 16.1 Å². The third-order valence-corrected chi connectivity index (χ3v) is 5.45. The van der Waals surface area contributed by atoms with Gasteiger partial charge in [0.15, 0.2) is 0 Å². The van der Waals surface area contributed by atoms with Gasteiger partial charge in [-0.2, -0.15) is 13.2 Å². The highest BCUT2D eigenvalue weighted by Crippen LogP contribution is 2.37. The Bertz CT molecular complexity index is 772. The largest absolute Gasteiger partial charge is 0.418 e. The van der Waals surface area contributed by atoms with Crippen molar-refractivity contribution >= 4 is 44.3 Å². The lowest BCUT2D eigenvalue weighted by molar-refractivity contribution is -0.136. The summed E-state index contributed by atoms with van der Waals surface area (Å²) < 4.78 is 64.5. The van der Waals surface area contributed by atoms with E-state index in [0.717, 1.165) is 29.5 Å². The van der Waals surface area contributed by atoms with Gasteiger partial charge in [-0.3, -0.25) is 4.72 Å². The van der Waals surface area contributed by atoms with Crippen molar-refractivity contribution in [2.24, 2.45) is 0 Å². The molecule has 0 radical (unpaired) electrons. The lowest BCUT2D eigenvalue weighted by Gasteiger charge is -2.14. The summed E-state index contributed by atoms with van der Waals surface area (Å²) in [7, 11) is -4.14. The molecule has 0 atom stereocenters. The number of rotatable bonds is 3. The van der Waals surface area contributed by atoms with E-state index in [1.807, 2.05) is 4.72 Å². The maximum atomic E-state index is 12.9. The van der Waals surface area contributed by atoms with Crippen LogP contribution in [0.5, 0.6) is 0 Å². The number of benzene rings is 1. The van der Waals surface area contributed by atoms with E-state index >= 15 is 0 Å². The molecule has 0 aliphatic carbocycles. The topological polar surface area (TPSA) is 72.2 Å². The molecule has 114 valence electrons. The maximum Gasteiger partial charge on any atom is 0.418 e. The van der Waals surface area contributed by atoms with Gasteiger partial charge >= 0.3 is 6.18 Å². The van der Waals surface area contributed by atoms with Gasteiger partial charge in [0.1, 0.15) is 4.21 Å². The van der Waals surface area contributed by atoms with E-state index in [2.05, 4.69) is 0 Å². The number of thiophene rings is 1. The minimum Gasteiger partial charge on any atom is -0.398 e. The number of hydrogen-bond donors (Lipinski definition) is 2. The maximum absolute atomic E-state index is 12.9. The van der Waals surface area contributed by atoms with Gasteiger partial charge in [0.05, 0.1) is 11.3 Å². The zero-order valence-electron chi connectivity index (χ0n) is 10.1. The van der Waals surface area contributed by atoms with Crippen molar-refractivity contribution in [2.45, 2.75) is 10.4 Å². The summed E-state index contributed by atoms with van der Waals surface area (Å²) in [5, 5.41) is 1.23. The van der Waals surface area contributed by atoms with Crippen LogP contribution in [-0.4, -0.2) is 8.42 Å². The second-order valence-corrected chi connectivity index (χ2v) is 7.25. The molecule has 0 spiro atoms. The SMILES string of the molecule is Nc1csc(S(=O)(=O)Nc2ccc(Cl)cc2C(F)(F)F)c1. The van der Waals surface area contributed by atoms with Gasteiger partial charge in [-0.15, -0.1) is 11.3 Å². The van der Waals surface area contributed by atoms with Crippen molar-refractivity contribution < 1.29 is 21.6 Å². The highest BCUT2D eigenvalue weighted by molar-refractivity contribution is 7.94. The Hall–Kier alpha value is -1.45. The molecule has 1 heterocycles. The second kappa shape index (κ2) is 5.39. The first kappa shape index (κ1) is 15.9. The summed E-state index contributed by atoms with van der Waals surface area (Å²) in [6.07, 6.45) is -4.74. The first-order valence-corrected chi connectivity index (χ1v) is 8.07. The first-order chi connectivity index (χ1) is 9.59. The monoisotopic (exact) mass is 356 g/mol. The Balaban J connectivity index is 2.45. The molecule has 21 heavy (non-hydrogen) atoms. The van der Waals surface area contributed by atoms with Crippen LogP contribution in [0.25, 0.3) is 0 Å². The summed E-state index contributed by atoms with van der Waals surface area (Å²) in [6, 6.07) is 3.94. The van der Waals surface area contributed by atoms with Crippen LogP contribution < -0.4 is 10.5 Å². The molecule has 0 fully saturated rings. The molecule has 10 heteroatoms. The van der Waals surface area contributed by atoms with Crippen LogP contribution in [0.15, 0.2) is 33.9 Å². The molecule has 0 aliphatic rings. The fourth-order valence-electron chi connectivity index (χ4n) is 1.51. The number of nitrogen functional groups attached to an aromatic ring is 1.